The molecule has 3 rings (SSSR count). The molecule has 3 aromatic heterocycles. The van der Waals surface area contributed by atoms with E-state index < -0.39 is 11.9 Å². The average Bonchev–Trinajstić information content (AvgIpc) is 3.25. The van der Waals surface area contributed by atoms with Crippen LogP contribution in [0.15, 0.2) is 40.5 Å². The van der Waals surface area contributed by atoms with Gasteiger partial charge in [-0.3, -0.25) is 4.79 Å². The summed E-state index contributed by atoms with van der Waals surface area (Å²) in [6, 6.07) is 3.53. The highest BCUT2D eigenvalue weighted by molar-refractivity contribution is 7.98. The lowest BCUT2D eigenvalue weighted by Crippen LogP contribution is -2.19. The Hall–Kier alpha value is -1.90. The van der Waals surface area contributed by atoms with E-state index in [1.807, 2.05) is 13.2 Å². The number of rotatable bonds is 6. The van der Waals surface area contributed by atoms with Gasteiger partial charge in [0, 0.05) is 18.0 Å². The second-order valence-corrected chi connectivity index (χ2v) is 7.46. The molecule has 0 aliphatic carbocycles. The minimum absolute atomic E-state index is 0.128. The van der Waals surface area contributed by atoms with Crippen molar-refractivity contribution in [2.24, 2.45) is 0 Å². The van der Waals surface area contributed by atoms with Crippen LogP contribution in [0.25, 0.3) is 10.6 Å². The summed E-state index contributed by atoms with van der Waals surface area (Å²) in [5.41, 5.74) is 0.703. The number of aromatic nitrogens is 3. The Bertz CT molecular complexity index is 864. The summed E-state index contributed by atoms with van der Waals surface area (Å²) in [4.78, 5) is 25.8. The number of hydrogen-bond donors (Lipinski definition) is 0. The highest BCUT2D eigenvalue weighted by atomic mass is 35.5. The fourth-order valence-electron chi connectivity index (χ4n) is 2.22. The molecule has 0 N–H and O–H groups in total. The van der Waals surface area contributed by atoms with Gasteiger partial charge in [-0.05, 0) is 24.8 Å². The molecule has 0 radical (unpaired) electrons. The molecule has 9 heteroatoms. The van der Waals surface area contributed by atoms with Crippen LogP contribution in [0.1, 0.15) is 24.8 Å². The van der Waals surface area contributed by atoms with Gasteiger partial charge in [-0.2, -0.15) is 4.98 Å². The molecule has 130 valence electrons. The quantitative estimate of drug-likeness (QED) is 0.341. The fourth-order valence-corrected chi connectivity index (χ4v) is 3.56. The van der Waals surface area contributed by atoms with Gasteiger partial charge in [0.1, 0.15) is 0 Å². The molecule has 1 unspecified atom stereocenters. The van der Waals surface area contributed by atoms with Crippen LogP contribution in [-0.4, -0.2) is 27.2 Å². The molecule has 0 fully saturated rings. The lowest BCUT2D eigenvalue weighted by Gasteiger charge is -2.13. The predicted octanol–water partition coefficient (Wildman–Crippen LogP) is 4.67. The maximum atomic E-state index is 12.6. The van der Waals surface area contributed by atoms with Gasteiger partial charge in [0.05, 0.1) is 15.1 Å². The number of nitrogens with zero attached hydrogens (tertiary/aromatic N) is 3. The Morgan fingerprint density at radius 3 is 2.72 bits per heavy atom. The van der Waals surface area contributed by atoms with Crippen molar-refractivity contribution in [1.29, 1.82) is 0 Å². The zero-order chi connectivity index (χ0) is 17.8. The van der Waals surface area contributed by atoms with E-state index in [1.54, 1.807) is 24.5 Å². The number of oxazole rings is 1. The van der Waals surface area contributed by atoms with Crippen molar-refractivity contribution >= 4 is 40.7 Å². The maximum Gasteiger partial charge on any atom is 0.320 e. The van der Waals surface area contributed by atoms with Crippen molar-refractivity contribution in [3.63, 3.8) is 0 Å². The first kappa shape index (κ1) is 17.9. The molecule has 0 saturated carbocycles. The number of carbonyl (C=O) groups excluding carboxylic acids is 1. The Morgan fingerprint density at radius 1 is 1.36 bits per heavy atom. The number of thiophene rings is 1. The molecule has 1 atom stereocenters. The Balaban J connectivity index is 1.80. The SMILES string of the molecule is CCC(C(=O)Oc1ncoc1-c1ccc(Cl)s1)c1cnc(SC)nc1. The molecule has 0 aliphatic rings. The van der Waals surface area contributed by atoms with Crippen molar-refractivity contribution in [1.82, 2.24) is 15.0 Å². The number of carbonyl (C=O) groups is 1. The van der Waals surface area contributed by atoms with Gasteiger partial charge in [0.2, 0.25) is 5.76 Å². The van der Waals surface area contributed by atoms with Crippen molar-refractivity contribution in [2.75, 3.05) is 6.26 Å². The second kappa shape index (κ2) is 7.99. The molecule has 0 saturated heterocycles. The van der Waals surface area contributed by atoms with E-state index in [2.05, 4.69) is 15.0 Å². The van der Waals surface area contributed by atoms with E-state index in [1.165, 1.54) is 29.5 Å². The van der Waals surface area contributed by atoms with Crippen LogP contribution in [0, 0.1) is 0 Å². The molecular weight excluding hydrogens is 382 g/mol. The first-order valence-corrected chi connectivity index (χ1v) is 9.81. The first-order valence-electron chi connectivity index (χ1n) is 7.39. The van der Waals surface area contributed by atoms with E-state index in [4.69, 9.17) is 20.8 Å². The lowest BCUT2D eigenvalue weighted by atomic mass is 10.00. The summed E-state index contributed by atoms with van der Waals surface area (Å²) >= 11 is 8.71. The zero-order valence-electron chi connectivity index (χ0n) is 13.4. The van der Waals surface area contributed by atoms with Crippen LogP contribution in [0.4, 0.5) is 0 Å². The van der Waals surface area contributed by atoms with E-state index in [9.17, 15) is 4.79 Å². The van der Waals surface area contributed by atoms with Gasteiger partial charge in [-0.25, -0.2) is 9.97 Å². The Morgan fingerprint density at radius 2 is 2.12 bits per heavy atom. The van der Waals surface area contributed by atoms with Crippen LogP contribution >= 0.6 is 34.7 Å². The second-order valence-electron chi connectivity index (χ2n) is 4.98. The topological polar surface area (TPSA) is 78.1 Å². The average molecular weight is 396 g/mol. The monoisotopic (exact) mass is 395 g/mol. The molecule has 0 bridgehead atoms. The molecule has 3 heterocycles. The molecular formula is C16H14ClN3O3S2. The van der Waals surface area contributed by atoms with Gasteiger partial charge >= 0.3 is 5.97 Å². The standard InChI is InChI=1S/C16H14ClN3O3S2/c1-3-10(9-6-18-16(24-2)19-7-9)15(21)23-14-13(22-8-20-14)11-4-5-12(17)25-11/h4-8,10H,3H2,1-2H3. The number of hydrogen-bond acceptors (Lipinski definition) is 8. The highest BCUT2D eigenvalue weighted by Gasteiger charge is 2.25. The summed E-state index contributed by atoms with van der Waals surface area (Å²) in [5.74, 6) is -0.397. The third-order valence-electron chi connectivity index (χ3n) is 3.45. The first-order chi connectivity index (χ1) is 12.1. The van der Waals surface area contributed by atoms with Gasteiger partial charge < -0.3 is 9.15 Å². The minimum Gasteiger partial charge on any atom is -0.438 e. The van der Waals surface area contributed by atoms with E-state index in [0.717, 1.165) is 4.88 Å². The van der Waals surface area contributed by atoms with Crippen LogP contribution in [0.2, 0.25) is 4.34 Å². The molecule has 25 heavy (non-hydrogen) atoms. The van der Waals surface area contributed by atoms with Crippen molar-refractivity contribution in [2.45, 2.75) is 24.4 Å². The summed E-state index contributed by atoms with van der Waals surface area (Å²) in [5, 5.41) is 0.653. The molecule has 6 nitrogen and oxygen atoms in total. The molecule has 0 amide bonds. The number of thioether (sulfide) groups is 1. The van der Waals surface area contributed by atoms with Gasteiger partial charge in [0.15, 0.2) is 11.6 Å². The van der Waals surface area contributed by atoms with E-state index in [-0.39, 0.29) is 5.88 Å². The largest absolute Gasteiger partial charge is 0.438 e. The molecule has 3 aromatic rings. The number of halogens is 1. The van der Waals surface area contributed by atoms with Crippen molar-refractivity contribution in [3.05, 3.63) is 40.8 Å². The van der Waals surface area contributed by atoms with E-state index >= 15 is 0 Å². The normalized spacial score (nSPS) is 12.1. The Kier molecular flexibility index (Phi) is 5.72. The minimum atomic E-state index is -0.479. The van der Waals surface area contributed by atoms with E-state index in [0.29, 0.717) is 27.2 Å². The summed E-state index contributed by atoms with van der Waals surface area (Å²) < 4.78 is 11.4. The van der Waals surface area contributed by atoms with Crippen molar-refractivity contribution < 1.29 is 13.9 Å². The summed E-state index contributed by atoms with van der Waals surface area (Å²) in [6.45, 7) is 1.90. The number of ether oxygens (including phenoxy) is 1. The van der Waals surface area contributed by atoms with Gasteiger partial charge in [0.25, 0.3) is 5.88 Å². The lowest BCUT2D eigenvalue weighted by molar-refractivity contribution is -0.136. The predicted molar refractivity (Wildman–Crippen MR) is 97.3 cm³/mol. The zero-order valence-corrected chi connectivity index (χ0v) is 15.8. The summed E-state index contributed by atoms with van der Waals surface area (Å²) in [6.07, 6.45) is 6.99. The van der Waals surface area contributed by atoms with Crippen LogP contribution in [0.3, 0.4) is 0 Å². The van der Waals surface area contributed by atoms with Crippen molar-refractivity contribution in [3.8, 4) is 16.5 Å². The number of esters is 1. The fraction of sp³-hybridized carbons (Fsp3) is 0.250. The van der Waals surface area contributed by atoms with Gasteiger partial charge in [-0.1, -0.05) is 30.3 Å². The highest BCUT2D eigenvalue weighted by Crippen LogP contribution is 2.36. The third kappa shape index (κ3) is 4.02. The Labute approximate surface area is 157 Å². The van der Waals surface area contributed by atoms with Gasteiger partial charge in [-0.15, -0.1) is 11.3 Å². The molecule has 0 spiro atoms. The summed E-state index contributed by atoms with van der Waals surface area (Å²) in [7, 11) is 0. The van der Waals surface area contributed by atoms with Crippen LogP contribution in [-0.2, 0) is 4.79 Å². The third-order valence-corrected chi connectivity index (χ3v) is 5.26. The molecule has 0 aromatic carbocycles. The maximum absolute atomic E-state index is 12.6. The van der Waals surface area contributed by atoms with Crippen LogP contribution in [0.5, 0.6) is 5.88 Å². The smallest absolute Gasteiger partial charge is 0.320 e. The van der Waals surface area contributed by atoms with Crippen LogP contribution < -0.4 is 4.74 Å². The molecule has 0 aliphatic heterocycles.